The lowest BCUT2D eigenvalue weighted by Gasteiger charge is -2.40. The van der Waals surface area contributed by atoms with E-state index < -0.39 is 0 Å². The van der Waals surface area contributed by atoms with Gasteiger partial charge in [-0.3, -0.25) is 0 Å². The lowest BCUT2D eigenvalue weighted by molar-refractivity contribution is 0.111. The first kappa shape index (κ1) is 15.3. The van der Waals surface area contributed by atoms with E-state index in [-0.39, 0.29) is 12.1 Å². The fraction of sp³-hybridized carbons (Fsp3) is 0.588. The summed E-state index contributed by atoms with van der Waals surface area (Å²) in [5, 5.41) is 9.82. The Labute approximate surface area is 131 Å². The van der Waals surface area contributed by atoms with E-state index in [9.17, 15) is 4.79 Å². The van der Waals surface area contributed by atoms with Crippen molar-refractivity contribution in [3.63, 3.8) is 0 Å². The van der Waals surface area contributed by atoms with E-state index >= 15 is 0 Å². The standard InChI is InChI=1S/C17H25N3O2/c21-17(22-12-13-4-2-1-3-5-13)20-16(15-10-19-11-15)14-6-8-18-9-7-14/h1-5,14-16,18-19H,6-12H2,(H,20,21). The third-order valence-corrected chi connectivity index (χ3v) is 4.71. The first-order valence-corrected chi connectivity index (χ1v) is 8.21. The molecule has 0 spiro atoms. The average molecular weight is 303 g/mol. The van der Waals surface area contributed by atoms with Gasteiger partial charge in [0.25, 0.3) is 0 Å². The quantitative estimate of drug-likeness (QED) is 0.771. The van der Waals surface area contributed by atoms with Crippen LogP contribution in [0.1, 0.15) is 18.4 Å². The molecule has 2 fully saturated rings. The molecule has 1 amide bonds. The van der Waals surface area contributed by atoms with Crippen molar-refractivity contribution < 1.29 is 9.53 Å². The Morgan fingerprint density at radius 1 is 1.14 bits per heavy atom. The van der Waals surface area contributed by atoms with Gasteiger partial charge in [0.1, 0.15) is 6.61 Å². The Kier molecular flexibility index (Phi) is 5.29. The van der Waals surface area contributed by atoms with Crippen molar-refractivity contribution >= 4 is 6.09 Å². The molecule has 120 valence electrons. The number of carbonyl (C=O) groups is 1. The Balaban J connectivity index is 1.52. The number of rotatable bonds is 5. The second kappa shape index (κ2) is 7.61. The second-order valence-electron chi connectivity index (χ2n) is 6.24. The molecule has 2 aliphatic heterocycles. The Morgan fingerprint density at radius 2 is 1.86 bits per heavy atom. The number of amides is 1. The van der Waals surface area contributed by atoms with Gasteiger partial charge in [-0.2, -0.15) is 0 Å². The van der Waals surface area contributed by atoms with Gasteiger partial charge >= 0.3 is 6.09 Å². The smallest absolute Gasteiger partial charge is 0.407 e. The molecule has 1 unspecified atom stereocenters. The van der Waals surface area contributed by atoms with Crippen molar-refractivity contribution in [3.05, 3.63) is 35.9 Å². The van der Waals surface area contributed by atoms with Gasteiger partial charge < -0.3 is 20.7 Å². The lowest BCUT2D eigenvalue weighted by atomic mass is 9.80. The van der Waals surface area contributed by atoms with Crippen LogP contribution in [0.4, 0.5) is 4.79 Å². The number of piperidine rings is 1. The molecular formula is C17H25N3O2. The predicted molar refractivity (Wildman–Crippen MR) is 85.5 cm³/mol. The molecule has 2 heterocycles. The monoisotopic (exact) mass is 303 g/mol. The van der Waals surface area contributed by atoms with Gasteiger partial charge in [0.15, 0.2) is 0 Å². The van der Waals surface area contributed by atoms with Crippen molar-refractivity contribution in [3.8, 4) is 0 Å². The van der Waals surface area contributed by atoms with Gasteiger partial charge in [0.05, 0.1) is 0 Å². The highest BCUT2D eigenvalue weighted by Gasteiger charge is 2.35. The molecule has 1 atom stereocenters. The van der Waals surface area contributed by atoms with Crippen molar-refractivity contribution in [1.29, 1.82) is 0 Å². The van der Waals surface area contributed by atoms with Gasteiger partial charge in [-0.15, -0.1) is 0 Å². The van der Waals surface area contributed by atoms with Crippen LogP contribution < -0.4 is 16.0 Å². The van der Waals surface area contributed by atoms with Crippen molar-refractivity contribution in [1.82, 2.24) is 16.0 Å². The normalized spacial score (nSPS) is 20.9. The summed E-state index contributed by atoms with van der Waals surface area (Å²) in [6, 6.07) is 10.0. The van der Waals surface area contributed by atoms with Crippen LogP contribution in [-0.2, 0) is 11.3 Å². The summed E-state index contributed by atoms with van der Waals surface area (Å²) in [4.78, 5) is 12.1. The lowest BCUT2D eigenvalue weighted by Crippen LogP contribution is -2.58. The zero-order chi connectivity index (χ0) is 15.2. The van der Waals surface area contributed by atoms with Gasteiger partial charge in [-0.25, -0.2) is 4.79 Å². The number of hydrogen-bond donors (Lipinski definition) is 3. The Morgan fingerprint density at radius 3 is 2.50 bits per heavy atom. The summed E-state index contributed by atoms with van der Waals surface area (Å²) in [7, 11) is 0. The molecule has 0 saturated carbocycles. The molecule has 1 aromatic carbocycles. The zero-order valence-electron chi connectivity index (χ0n) is 12.9. The Bertz CT molecular complexity index is 470. The minimum atomic E-state index is -0.292. The fourth-order valence-electron chi connectivity index (χ4n) is 3.29. The summed E-state index contributed by atoms with van der Waals surface area (Å²) in [5.74, 6) is 1.09. The molecule has 3 N–H and O–H groups in total. The largest absolute Gasteiger partial charge is 0.445 e. The van der Waals surface area contributed by atoms with E-state index in [1.165, 1.54) is 0 Å². The van der Waals surface area contributed by atoms with Crippen LogP contribution in [0, 0.1) is 11.8 Å². The highest BCUT2D eigenvalue weighted by Crippen LogP contribution is 2.24. The van der Waals surface area contributed by atoms with Crippen molar-refractivity contribution in [2.24, 2.45) is 11.8 Å². The third kappa shape index (κ3) is 3.99. The van der Waals surface area contributed by atoms with E-state index in [4.69, 9.17) is 4.74 Å². The van der Waals surface area contributed by atoms with Gasteiger partial charge in [0, 0.05) is 25.0 Å². The van der Waals surface area contributed by atoms with Crippen LogP contribution in [0.25, 0.3) is 0 Å². The summed E-state index contributed by atoms with van der Waals surface area (Å²) in [6.07, 6.45) is 1.96. The second-order valence-corrected chi connectivity index (χ2v) is 6.24. The van der Waals surface area contributed by atoms with Crippen molar-refractivity contribution in [2.45, 2.75) is 25.5 Å². The van der Waals surface area contributed by atoms with Gasteiger partial charge in [-0.1, -0.05) is 30.3 Å². The van der Waals surface area contributed by atoms with Gasteiger partial charge in [0.2, 0.25) is 0 Å². The number of hydrogen-bond acceptors (Lipinski definition) is 4. The zero-order valence-corrected chi connectivity index (χ0v) is 12.9. The maximum Gasteiger partial charge on any atom is 0.407 e. The summed E-state index contributed by atoms with van der Waals surface area (Å²) < 4.78 is 5.38. The fourth-order valence-corrected chi connectivity index (χ4v) is 3.29. The molecule has 0 aliphatic carbocycles. The summed E-state index contributed by atoms with van der Waals surface area (Å²) in [5.41, 5.74) is 1.02. The summed E-state index contributed by atoms with van der Waals surface area (Å²) in [6.45, 7) is 4.40. The molecule has 5 nitrogen and oxygen atoms in total. The molecule has 0 aromatic heterocycles. The molecule has 0 bridgehead atoms. The van der Waals surface area contributed by atoms with E-state index in [2.05, 4.69) is 16.0 Å². The van der Waals surface area contributed by atoms with Crippen LogP contribution >= 0.6 is 0 Å². The first-order valence-electron chi connectivity index (χ1n) is 8.21. The van der Waals surface area contributed by atoms with E-state index in [1.54, 1.807) is 0 Å². The maximum atomic E-state index is 12.1. The summed E-state index contributed by atoms with van der Waals surface area (Å²) >= 11 is 0. The van der Waals surface area contributed by atoms with Crippen LogP contribution in [0.5, 0.6) is 0 Å². The molecule has 0 radical (unpaired) electrons. The predicted octanol–water partition coefficient (Wildman–Crippen LogP) is 1.50. The molecule has 2 saturated heterocycles. The van der Waals surface area contributed by atoms with E-state index in [0.29, 0.717) is 18.4 Å². The van der Waals surface area contributed by atoms with Gasteiger partial charge in [-0.05, 0) is 37.4 Å². The minimum absolute atomic E-state index is 0.228. The number of alkyl carbamates (subject to hydrolysis) is 1. The van der Waals surface area contributed by atoms with Crippen LogP contribution in [0.2, 0.25) is 0 Å². The maximum absolute atomic E-state index is 12.1. The van der Waals surface area contributed by atoms with Crippen molar-refractivity contribution in [2.75, 3.05) is 26.2 Å². The number of carbonyl (C=O) groups excluding carboxylic acids is 1. The highest BCUT2D eigenvalue weighted by atomic mass is 16.5. The molecule has 1 aromatic rings. The average Bonchev–Trinajstić information content (AvgIpc) is 2.52. The van der Waals surface area contributed by atoms with Crippen LogP contribution in [-0.4, -0.2) is 38.3 Å². The molecule has 3 rings (SSSR count). The van der Waals surface area contributed by atoms with E-state index in [1.807, 2.05) is 30.3 Å². The number of benzene rings is 1. The Hall–Kier alpha value is -1.59. The topological polar surface area (TPSA) is 62.4 Å². The van der Waals surface area contributed by atoms with Crippen LogP contribution in [0.3, 0.4) is 0 Å². The van der Waals surface area contributed by atoms with E-state index in [0.717, 1.165) is 44.6 Å². The molecule has 22 heavy (non-hydrogen) atoms. The minimum Gasteiger partial charge on any atom is -0.445 e. The number of nitrogens with one attached hydrogen (secondary N) is 3. The third-order valence-electron chi connectivity index (χ3n) is 4.71. The SMILES string of the molecule is O=C(NC(C1CCNCC1)C1CNC1)OCc1ccccc1. The number of ether oxygens (including phenoxy) is 1. The van der Waals surface area contributed by atoms with Crippen LogP contribution in [0.15, 0.2) is 30.3 Å². The first-order chi connectivity index (χ1) is 10.8. The highest BCUT2D eigenvalue weighted by molar-refractivity contribution is 5.67. The molecule has 2 aliphatic rings. The molecule has 5 heteroatoms. The molecular weight excluding hydrogens is 278 g/mol.